The Labute approximate surface area is 172 Å². The molecule has 0 aliphatic carbocycles. The van der Waals surface area contributed by atoms with Gasteiger partial charge in [-0.1, -0.05) is 56.3 Å². The van der Waals surface area contributed by atoms with E-state index in [4.69, 9.17) is 4.98 Å². The Balaban J connectivity index is 1.98. The minimum atomic E-state index is -0.0952. The third kappa shape index (κ3) is 5.55. The number of phenolic OH excluding ortho intramolecular Hbond substituents is 1. The fourth-order valence-electron chi connectivity index (χ4n) is 3.57. The van der Waals surface area contributed by atoms with Gasteiger partial charge in [0.2, 0.25) is 0 Å². The Morgan fingerprint density at radius 3 is 2.45 bits per heavy atom. The first-order chi connectivity index (χ1) is 13.9. The number of aryl methyl sites for hydroxylation is 1. The summed E-state index contributed by atoms with van der Waals surface area (Å²) in [5.74, 6) is 1.17. The van der Waals surface area contributed by atoms with Gasteiger partial charge in [-0.3, -0.25) is 9.36 Å². The lowest BCUT2D eigenvalue weighted by Crippen LogP contribution is -2.28. The van der Waals surface area contributed by atoms with Gasteiger partial charge in [0.15, 0.2) is 0 Å². The molecule has 0 aliphatic rings. The van der Waals surface area contributed by atoms with Gasteiger partial charge in [-0.2, -0.15) is 0 Å². The Morgan fingerprint density at radius 2 is 1.76 bits per heavy atom. The maximum atomic E-state index is 13.0. The highest BCUT2D eigenvalue weighted by molar-refractivity contribution is 5.63. The Morgan fingerprint density at radius 1 is 1.07 bits per heavy atom. The average Bonchev–Trinajstić information content (AvgIpc) is 2.67. The molecule has 2 aromatic carbocycles. The standard InChI is InChI=1S/C24H29N3O2/c1-18(2)16-26(3)17-20-15-23(29)27(14-13-19-9-5-4-6-10-19)24(25-20)21-11-7-8-12-22(21)28/h4-12,15,18,28H,13-14,16-17H2,1-3H3. The summed E-state index contributed by atoms with van der Waals surface area (Å²) in [4.78, 5) is 19.9. The van der Waals surface area contributed by atoms with Gasteiger partial charge < -0.3 is 10.0 Å². The summed E-state index contributed by atoms with van der Waals surface area (Å²) >= 11 is 0. The first-order valence-electron chi connectivity index (χ1n) is 10.1. The smallest absolute Gasteiger partial charge is 0.254 e. The molecule has 0 radical (unpaired) electrons. The van der Waals surface area contributed by atoms with Gasteiger partial charge in [-0.25, -0.2) is 4.98 Å². The summed E-state index contributed by atoms with van der Waals surface area (Å²) in [6, 6.07) is 18.7. The molecule has 0 bridgehead atoms. The normalized spacial score (nSPS) is 11.3. The van der Waals surface area contributed by atoms with Gasteiger partial charge in [-0.15, -0.1) is 0 Å². The van der Waals surface area contributed by atoms with E-state index in [1.165, 1.54) is 0 Å². The van der Waals surface area contributed by atoms with Crippen molar-refractivity contribution < 1.29 is 5.11 Å². The quantitative estimate of drug-likeness (QED) is 0.632. The highest BCUT2D eigenvalue weighted by Crippen LogP contribution is 2.27. The van der Waals surface area contributed by atoms with E-state index in [0.717, 1.165) is 18.5 Å². The number of hydrogen-bond donors (Lipinski definition) is 1. The Hall–Kier alpha value is -2.92. The van der Waals surface area contributed by atoms with Gasteiger partial charge in [-0.05, 0) is 37.1 Å². The fourth-order valence-corrected chi connectivity index (χ4v) is 3.57. The van der Waals surface area contributed by atoms with Crippen LogP contribution in [0.4, 0.5) is 0 Å². The number of aromatic nitrogens is 2. The molecule has 0 saturated heterocycles. The van der Waals surface area contributed by atoms with Crippen LogP contribution in [0, 0.1) is 5.92 Å². The lowest BCUT2D eigenvalue weighted by molar-refractivity contribution is 0.285. The second-order valence-corrected chi connectivity index (χ2v) is 7.90. The zero-order valence-electron chi connectivity index (χ0n) is 17.4. The van der Waals surface area contributed by atoms with Crippen molar-refractivity contribution in [3.63, 3.8) is 0 Å². The molecule has 1 aromatic heterocycles. The molecule has 5 nitrogen and oxygen atoms in total. The second kappa shape index (κ2) is 9.52. The number of hydrogen-bond acceptors (Lipinski definition) is 4. The number of benzene rings is 2. The fraction of sp³-hybridized carbons (Fsp3) is 0.333. The molecule has 0 amide bonds. The van der Waals surface area contributed by atoms with Crippen LogP contribution in [0.25, 0.3) is 11.4 Å². The highest BCUT2D eigenvalue weighted by Gasteiger charge is 2.15. The number of rotatable bonds is 8. The van der Waals surface area contributed by atoms with Crippen molar-refractivity contribution in [1.29, 1.82) is 0 Å². The van der Waals surface area contributed by atoms with Crippen LogP contribution in [0.1, 0.15) is 25.1 Å². The Kier molecular flexibility index (Phi) is 6.83. The molecule has 3 aromatic rings. The Bertz CT molecular complexity index is 997. The maximum absolute atomic E-state index is 13.0. The summed E-state index contributed by atoms with van der Waals surface area (Å²) in [5.41, 5.74) is 2.35. The van der Waals surface area contributed by atoms with E-state index >= 15 is 0 Å². The van der Waals surface area contributed by atoms with Crippen LogP contribution in [0.2, 0.25) is 0 Å². The van der Waals surface area contributed by atoms with Crippen LogP contribution in [0.5, 0.6) is 5.75 Å². The summed E-state index contributed by atoms with van der Waals surface area (Å²) in [5, 5.41) is 10.4. The zero-order chi connectivity index (χ0) is 20.8. The monoisotopic (exact) mass is 391 g/mol. The predicted octanol–water partition coefficient (Wildman–Crippen LogP) is 3.95. The lowest BCUT2D eigenvalue weighted by Gasteiger charge is -2.20. The van der Waals surface area contributed by atoms with Crippen LogP contribution in [-0.2, 0) is 19.5 Å². The van der Waals surface area contributed by atoms with Crippen LogP contribution < -0.4 is 5.56 Å². The van der Waals surface area contributed by atoms with Crippen LogP contribution >= 0.6 is 0 Å². The summed E-state index contributed by atoms with van der Waals surface area (Å²) < 4.78 is 1.66. The molecule has 5 heteroatoms. The molecule has 0 fully saturated rings. The minimum absolute atomic E-state index is 0.0952. The van der Waals surface area contributed by atoms with E-state index < -0.39 is 0 Å². The van der Waals surface area contributed by atoms with E-state index in [0.29, 0.717) is 36.1 Å². The molecule has 29 heavy (non-hydrogen) atoms. The highest BCUT2D eigenvalue weighted by atomic mass is 16.3. The van der Waals surface area contributed by atoms with Crippen LogP contribution in [0.3, 0.4) is 0 Å². The van der Waals surface area contributed by atoms with E-state index in [9.17, 15) is 9.90 Å². The molecule has 0 atom stereocenters. The predicted molar refractivity (Wildman–Crippen MR) is 117 cm³/mol. The molecule has 152 valence electrons. The summed E-state index contributed by atoms with van der Waals surface area (Å²) in [7, 11) is 2.03. The van der Waals surface area contributed by atoms with E-state index in [1.807, 2.05) is 43.4 Å². The topological polar surface area (TPSA) is 58.4 Å². The van der Waals surface area contributed by atoms with Gasteiger partial charge in [0.05, 0.1) is 11.3 Å². The van der Waals surface area contributed by atoms with Crippen molar-refractivity contribution >= 4 is 0 Å². The largest absolute Gasteiger partial charge is 0.507 e. The number of phenols is 1. The van der Waals surface area contributed by atoms with Crippen molar-refractivity contribution in [1.82, 2.24) is 14.5 Å². The lowest BCUT2D eigenvalue weighted by atomic mass is 10.1. The third-order valence-electron chi connectivity index (χ3n) is 4.78. The number of aromatic hydroxyl groups is 1. The summed E-state index contributed by atoms with van der Waals surface area (Å²) in [6.07, 6.45) is 0.718. The van der Waals surface area contributed by atoms with Crippen molar-refractivity contribution in [2.45, 2.75) is 33.4 Å². The molecule has 0 saturated carbocycles. The number of nitrogens with zero attached hydrogens (tertiary/aromatic N) is 3. The molecular weight excluding hydrogens is 362 g/mol. The SMILES string of the molecule is CC(C)CN(C)Cc1cc(=O)n(CCc2ccccc2)c(-c2ccccc2O)n1. The van der Waals surface area contributed by atoms with E-state index in [2.05, 4.69) is 18.7 Å². The van der Waals surface area contributed by atoms with Gasteiger partial charge in [0, 0.05) is 25.7 Å². The van der Waals surface area contributed by atoms with Crippen molar-refractivity contribution in [3.05, 3.63) is 82.3 Å². The second-order valence-electron chi connectivity index (χ2n) is 7.90. The maximum Gasteiger partial charge on any atom is 0.254 e. The van der Waals surface area contributed by atoms with Crippen LogP contribution in [-0.4, -0.2) is 33.1 Å². The van der Waals surface area contributed by atoms with Gasteiger partial charge in [0.25, 0.3) is 5.56 Å². The van der Waals surface area contributed by atoms with E-state index in [-0.39, 0.29) is 11.3 Å². The molecule has 1 heterocycles. The first-order valence-corrected chi connectivity index (χ1v) is 10.1. The molecule has 3 rings (SSSR count). The molecule has 0 unspecified atom stereocenters. The van der Waals surface area contributed by atoms with Gasteiger partial charge in [0.1, 0.15) is 11.6 Å². The van der Waals surface area contributed by atoms with Gasteiger partial charge >= 0.3 is 0 Å². The first kappa shape index (κ1) is 20.8. The third-order valence-corrected chi connectivity index (χ3v) is 4.78. The molecular formula is C24H29N3O2. The van der Waals surface area contributed by atoms with Crippen molar-refractivity contribution in [2.75, 3.05) is 13.6 Å². The molecule has 1 N–H and O–H groups in total. The summed E-state index contributed by atoms with van der Waals surface area (Å²) in [6.45, 7) is 6.34. The zero-order valence-corrected chi connectivity index (χ0v) is 17.4. The van der Waals surface area contributed by atoms with Crippen molar-refractivity contribution in [2.24, 2.45) is 5.92 Å². The minimum Gasteiger partial charge on any atom is -0.507 e. The molecule has 0 aliphatic heterocycles. The molecule has 0 spiro atoms. The van der Waals surface area contributed by atoms with E-state index in [1.54, 1.807) is 28.8 Å². The average molecular weight is 392 g/mol. The van der Waals surface area contributed by atoms with Crippen molar-refractivity contribution in [3.8, 4) is 17.1 Å². The number of para-hydroxylation sites is 1. The van der Waals surface area contributed by atoms with Crippen LogP contribution in [0.15, 0.2) is 65.5 Å².